The molecular formula is C13H20O3. The third kappa shape index (κ3) is 3.51. The Hall–Kier alpha value is -1.06. The first-order valence-electron chi connectivity index (χ1n) is 5.48. The Morgan fingerprint density at radius 2 is 2.00 bits per heavy atom. The highest BCUT2D eigenvalue weighted by Crippen LogP contribution is 2.22. The lowest BCUT2D eigenvalue weighted by atomic mass is 10.0. The topological polar surface area (TPSA) is 38.7 Å². The van der Waals surface area contributed by atoms with Crippen molar-refractivity contribution in [2.75, 3.05) is 13.7 Å². The number of aryl methyl sites for hydroxylation is 1. The molecule has 90 valence electrons. The third-order valence-electron chi connectivity index (χ3n) is 2.42. The van der Waals surface area contributed by atoms with Gasteiger partial charge in [0, 0.05) is 0 Å². The summed E-state index contributed by atoms with van der Waals surface area (Å²) in [7, 11) is 1.63. The monoisotopic (exact) mass is 224 g/mol. The number of methoxy groups -OCH3 is 1. The predicted octanol–water partition coefficient (Wildman–Crippen LogP) is 2.46. The van der Waals surface area contributed by atoms with Crippen molar-refractivity contribution < 1.29 is 14.6 Å². The first-order valence-corrected chi connectivity index (χ1v) is 5.48. The minimum atomic E-state index is -0.576. The number of hydrogen-bond acceptors (Lipinski definition) is 3. The Morgan fingerprint density at radius 3 is 2.50 bits per heavy atom. The molecule has 1 N–H and O–H groups in total. The maximum atomic E-state index is 9.95. The number of hydrogen-bond donors (Lipinski definition) is 1. The highest BCUT2D eigenvalue weighted by atomic mass is 16.5. The van der Waals surface area contributed by atoms with Crippen molar-refractivity contribution in [2.24, 2.45) is 0 Å². The van der Waals surface area contributed by atoms with Crippen LogP contribution in [0.4, 0.5) is 0 Å². The van der Waals surface area contributed by atoms with Crippen molar-refractivity contribution in [3.05, 3.63) is 29.3 Å². The average Bonchev–Trinajstić information content (AvgIpc) is 2.25. The molecule has 0 saturated carbocycles. The standard InChI is InChI=1S/C13H20O3/c1-9(2)16-8-13(14)12-6-5-11(15-4)7-10(12)3/h5-7,9,13-14H,8H2,1-4H3. The molecule has 0 bridgehead atoms. The minimum absolute atomic E-state index is 0.133. The number of aliphatic hydroxyl groups is 1. The van der Waals surface area contributed by atoms with Gasteiger partial charge in [0.1, 0.15) is 11.9 Å². The van der Waals surface area contributed by atoms with E-state index in [1.165, 1.54) is 0 Å². The van der Waals surface area contributed by atoms with E-state index in [4.69, 9.17) is 9.47 Å². The molecule has 1 rings (SSSR count). The van der Waals surface area contributed by atoms with Crippen LogP contribution < -0.4 is 4.74 Å². The Morgan fingerprint density at radius 1 is 1.31 bits per heavy atom. The van der Waals surface area contributed by atoms with Crippen LogP contribution in [-0.2, 0) is 4.74 Å². The van der Waals surface area contributed by atoms with Crippen molar-refractivity contribution in [2.45, 2.75) is 33.0 Å². The molecule has 0 aliphatic carbocycles. The van der Waals surface area contributed by atoms with Crippen LogP contribution in [-0.4, -0.2) is 24.9 Å². The molecule has 0 aromatic heterocycles. The van der Waals surface area contributed by atoms with Crippen LogP contribution in [0.15, 0.2) is 18.2 Å². The van der Waals surface area contributed by atoms with E-state index in [2.05, 4.69) is 0 Å². The lowest BCUT2D eigenvalue weighted by molar-refractivity contribution is 0.00468. The molecule has 0 radical (unpaired) electrons. The molecule has 0 spiro atoms. The van der Waals surface area contributed by atoms with Gasteiger partial charge in [-0.3, -0.25) is 0 Å². The zero-order chi connectivity index (χ0) is 12.1. The summed E-state index contributed by atoms with van der Waals surface area (Å²) < 4.78 is 10.5. The van der Waals surface area contributed by atoms with Crippen LogP contribution in [0.25, 0.3) is 0 Å². The summed E-state index contributed by atoms with van der Waals surface area (Å²) >= 11 is 0. The van der Waals surface area contributed by atoms with Crippen molar-refractivity contribution in [3.63, 3.8) is 0 Å². The highest BCUT2D eigenvalue weighted by Gasteiger charge is 2.11. The van der Waals surface area contributed by atoms with E-state index in [1.54, 1.807) is 7.11 Å². The Kier molecular flexibility index (Phi) is 4.77. The van der Waals surface area contributed by atoms with Crippen molar-refractivity contribution >= 4 is 0 Å². The molecule has 0 heterocycles. The molecule has 0 saturated heterocycles. The SMILES string of the molecule is COc1ccc(C(O)COC(C)C)c(C)c1. The van der Waals surface area contributed by atoms with Gasteiger partial charge in [-0.1, -0.05) is 6.07 Å². The fourth-order valence-corrected chi connectivity index (χ4v) is 1.52. The van der Waals surface area contributed by atoms with Crippen LogP contribution in [0.5, 0.6) is 5.75 Å². The second-order valence-electron chi connectivity index (χ2n) is 4.12. The van der Waals surface area contributed by atoms with Crippen LogP contribution in [0.3, 0.4) is 0 Å². The number of aliphatic hydroxyl groups excluding tert-OH is 1. The summed E-state index contributed by atoms with van der Waals surface area (Å²) in [4.78, 5) is 0. The van der Waals surface area contributed by atoms with Gasteiger partial charge in [-0.05, 0) is 44.0 Å². The van der Waals surface area contributed by atoms with E-state index in [9.17, 15) is 5.11 Å². The normalized spacial score (nSPS) is 12.9. The lowest BCUT2D eigenvalue weighted by Crippen LogP contribution is -2.12. The maximum absolute atomic E-state index is 9.95. The molecule has 1 aromatic rings. The fourth-order valence-electron chi connectivity index (χ4n) is 1.52. The molecule has 1 atom stereocenters. The summed E-state index contributed by atoms with van der Waals surface area (Å²) in [6.07, 6.45) is -0.443. The van der Waals surface area contributed by atoms with Crippen LogP contribution >= 0.6 is 0 Å². The Balaban J connectivity index is 2.71. The molecule has 3 nitrogen and oxygen atoms in total. The predicted molar refractivity (Wildman–Crippen MR) is 63.8 cm³/mol. The summed E-state index contributed by atoms with van der Waals surface area (Å²) in [6, 6.07) is 5.64. The third-order valence-corrected chi connectivity index (χ3v) is 2.42. The van der Waals surface area contributed by atoms with Crippen LogP contribution in [0.1, 0.15) is 31.1 Å². The molecule has 0 aliphatic heterocycles. The van der Waals surface area contributed by atoms with Crippen molar-refractivity contribution in [3.8, 4) is 5.75 Å². The first kappa shape index (κ1) is 13.0. The zero-order valence-corrected chi connectivity index (χ0v) is 10.4. The molecule has 16 heavy (non-hydrogen) atoms. The van der Waals surface area contributed by atoms with Gasteiger partial charge >= 0.3 is 0 Å². The average molecular weight is 224 g/mol. The molecule has 0 aliphatic rings. The molecule has 1 unspecified atom stereocenters. The van der Waals surface area contributed by atoms with Crippen molar-refractivity contribution in [1.82, 2.24) is 0 Å². The van der Waals surface area contributed by atoms with Crippen LogP contribution in [0, 0.1) is 6.92 Å². The Labute approximate surface area is 97.0 Å². The summed E-state index contributed by atoms with van der Waals surface area (Å²) in [6.45, 7) is 6.18. The second-order valence-corrected chi connectivity index (χ2v) is 4.12. The summed E-state index contributed by atoms with van der Waals surface area (Å²) in [5, 5.41) is 9.95. The van der Waals surface area contributed by atoms with Crippen molar-refractivity contribution in [1.29, 1.82) is 0 Å². The fraction of sp³-hybridized carbons (Fsp3) is 0.538. The van der Waals surface area contributed by atoms with Gasteiger partial charge in [-0.15, -0.1) is 0 Å². The van der Waals surface area contributed by atoms with E-state index in [1.807, 2.05) is 39.0 Å². The number of benzene rings is 1. The molecule has 1 aromatic carbocycles. The largest absolute Gasteiger partial charge is 0.497 e. The van der Waals surface area contributed by atoms with Gasteiger partial charge < -0.3 is 14.6 Å². The van der Waals surface area contributed by atoms with Gasteiger partial charge in [0.15, 0.2) is 0 Å². The zero-order valence-electron chi connectivity index (χ0n) is 10.4. The van der Waals surface area contributed by atoms with E-state index >= 15 is 0 Å². The van der Waals surface area contributed by atoms with Gasteiger partial charge in [0.2, 0.25) is 0 Å². The first-order chi connectivity index (χ1) is 7.54. The smallest absolute Gasteiger partial charge is 0.119 e. The minimum Gasteiger partial charge on any atom is -0.497 e. The molecular weight excluding hydrogens is 204 g/mol. The van der Waals surface area contributed by atoms with Gasteiger partial charge in [-0.25, -0.2) is 0 Å². The summed E-state index contributed by atoms with van der Waals surface area (Å²) in [5.41, 5.74) is 1.90. The maximum Gasteiger partial charge on any atom is 0.119 e. The molecule has 0 amide bonds. The van der Waals surface area contributed by atoms with Gasteiger partial charge in [0.25, 0.3) is 0 Å². The summed E-state index contributed by atoms with van der Waals surface area (Å²) in [5.74, 6) is 0.804. The van der Waals surface area contributed by atoms with Gasteiger partial charge in [0.05, 0.1) is 19.8 Å². The second kappa shape index (κ2) is 5.87. The van der Waals surface area contributed by atoms with Crippen LogP contribution in [0.2, 0.25) is 0 Å². The lowest BCUT2D eigenvalue weighted by Gasteiger charge is -2.16. The number of ether oxygens (including phenoxy) is 2. The van der Waals surface area contributed by atoms with E-state index in [0.717, 1.165) is 16.9 Å². The quantitative estimate of drug-likeness (QED) is 0.835. The number of rotatable bonds is 5. The molecule has 3 heteroatoms. The van der Waals surface area contributed by atoms with Gasteiger partial charge in [-0.2, -0.15) is 0 Å². The van der Waals surface area contributed by atoms with E-state index in [0.29, 0.717) is 6.61 Å². The van der Waals surface area contributed by atoms with E-state index in [-0.39, 0.29) is 6.10 Å². The Bertz CT molecular complexity index is 334. The van der Waals surface area contributed by atoms with E-state index < -0.39 is 6.10 Å². The highest BCUT2D eigenvalue weighted by molar-refractivity contribution is 5.36. The molecule has 0 fully saturated rings.